The molecule has 0 unspecified atom stereocenters. The number of hydrogen-bond acceptors (Lipinski definition) is 3. The van der Waals surface area contributed by atoms with Crippen LogP contribution in [-0.4, -0.2) is 34.2 Å². The predicted octanol–water partition coefficient (Wildman–Crippen LogP) is 3.39. The fourth-order valence-corrected chi connectivity index (χ4v) is 3.75. The summed E-state index contributed by atoms with van der Waals surface area (Å²) in [5, 5.41) is 0.581. The minimum absolute atomic E-state index is 0.0118. The Balaban J connectivity index is 1.83. The van der Waals surface area contributed by atoms with E-state index >= 15 is 0 Å². The molecule has 1 aliphatic heterocycles. The van der Waals surface area contributed by atoms with Crippen LogP contribution in [0.4, 0.5) is 0 Å². The van der Waals surface area contributed by atoms with Crippen LogP contribution in [0.5, 0.6) is 0 Å². The van der Waals surface area contributed by atoms with Crippen molar-refractivity contribution in [2.24, 2.45) is 13.0 Å². The van der Waals surface area contributed by atoms with Crippen molar-refractivity contribution in [3.63, 3.8) is 0 Å². The highest BCUT2D eigenvalue weighted by atomic mass is 35.5. The van der Waals surface area contributed by atoms with Crippen molar-refractivity contribution in [2.45, 2.75) is 26.7 Å². The zero-order chi connectivity index (χ0) is 19.7. The third kappa shape index (κ3) is 3.83. The van der Waals surface area contributed by atoms with E-state index in [9.17, 15) is 14.4 Å². The molecule has 1 fully saturated rings. The van der Waals surface area contributed by atoms with E-state index in [0.29, 0.717) is 29.2 Å². The normalized spacial score (nSPS) is 17.0. The number of likely N-dealkylation sites (tertiary alicyclic amines) is 1. The average Bonchev–Trinajstić information content (AvgIpc) is 2.66. The number of nitrogens with zero attached hydrogens (tertiary/aromatic N) is 2. The minimum Gasteiger partial charge on any atom is -0.338 e. The second-order valence-electron chi connectivity index (χ2n) is 7.17. The SMILES string of the molecule is Cc1cc(C)n(C)c(=O)c1C(=O)N1CCC[C@H](C(=O)c2ccc(Cl)cc2)C1. The summed E-state index contributed by atoms with van der Waals surface area (Å²) in [5.74, 6) is -0.544. The molecule has 1 aliphatic rings. The molecule has 1 aromatic heterocycles. The number of hydrogen-bond donors (Lipinski definition) is 0. The van der Waals surface area contributed by atoms with Gasteiger partial charge in [0.1, 0.15) is 5.56 Å². The summed E-state index contributed by atoms with van der Waals surface area (Å²) in [6.07, 6.45) is 1.47. The van der Waals surface area contributed by atoms with Crippen molar-refractivity contribution >= 4 is 23.3 Å². The Morgan fingerprint density at radius 1 is 1.15 bits per heavy atom. The Bertz CT molecular complexity index is 947. The van der Waals surface area contributed by atoms with Crippen molar-refractivity contribution in [1.29, 1.82) is 0 Å². The molecule has 0 aliphatic carbocycles. The van der Waals surface area contributed by atoms with Gasteiger partial charge in [-0.15, -0.1) is 0 Å². The first kappa shape index (κ1) is 19.4. The number of amides is 1. The topological polar surface area (TPSA) is 59.4 Å². The second kappa shape index (κ2) is 7.69. The first-order valence-electron chi connectivity index (χ1n) is 9.06. The van der Waals surface area contributed by atoms with Crippen LogP contribution in [0, 0.1) is 19.8 Å². The second-order valence-corrected chi connectivity index (χ2v) is 7.61. The van der Waals surface area contributed by atoms with Crippen LogP contribution in [0.1, 0.15) is 44.8 Å². The summed E-state index contributed by atoms with van der Waals surface area (Å²) in [5.41, 5.74) is 1.99. The lowest BCUT2D eigenvalue weighted by Crippen LogP contribution is -2.44. The first-order chi connectivity index (χ1) is 12.8. The van der Waals surface area contributed by atoms with Gasteiger partial charge >= 0.3 is 0 Å². The molecular formula is C21H23ClN2O3. The molecule has 0 radical (unpaired) electrons. The Hall–Kier alpha value is -2.40. The van der Waals surface area contributed by atoms with Gasteiger partial charge in [0.15, 0.2) is 5.78 Å². The number of halogens is 1. The summed E-state index contributed by atoms with van der Waals surface area (Å²) in [6.45, 7) is 4.50. The smallest absolute Gasteiger partial charge is 0.263 e. The van der Waals surface area contributed by atoms with E-state index in [2.05, 4.69) is 0 Å². The fraction of sp³-hybridized carbons (Fsp3) is 0.381. The van der Waals surface area contributed by atoms with Crippen molar-refractivity contribution in [2.75, 3.05) is 13.1 Å². The zero-order valence-electron chi connectivity index (χ0n) is 15.8. The van der Waals surface area contributed by atoms with Crippen molar-refractivity contribution in [3.05, 3.63) is 68.1 Å². The van der Waals surface area contributed by atoms with Crippen molar-refractivity contribution in [3.8, 4) is 0 Å². The Labute approximate surface area is 163 Å². The molecule has 5 nitrogen and oxygen atoms in total. The van der Waals surface area contributed by atoms with Gasteiger partial charge in [0.25, 0.3) is 11.5 Å². The van der Waals surface area contributed by atoms with Crippen LogP contribution in [0.25, 0.3) is 0 Å². The number of carbonyl (C=O) groups excluding carboxylic acids is 2. The monoisotopic (exact) mass is 386 g/mol. The van der Waals surface area contributed by atoms with E-state index in [4.69, 9.17) is 11.6 Å². The van der Waals surface area contributed by atoms with Gasteiger partial charge in [-0.2, -0.15) is 0 Å². The standard InChI is InChI=1S/C21H23ClN2O3/c1-13-11-14(2)23(3)20(26)18(13)21(27)24-10-4-5-16(12-24)19(25)15-6-8-17(22)9-7-15/h6-9,11,16H,4-5,10,12H2,1-3H3/t16-/m0/s1. The van der Waals surface area contributed by atoms with Crippen LogP contribution >= 0.6 is 11.6 Å². The Kier molecular flexibility index (Phi) is 5.51. The summed E-state index contributed by atoms with van der Waals surface area (Å²) in [6, 6.07) is 8.66. The zero-order valence-corrected chi connectivity index (χ0v) is 16.5. The first-order valence-corrected chi connectivity index (χ1v) is 9.43. The molecule has 6 heteroatoms. The number of ketones is 1. The highest BCUT2D eigenvalue weighted by Crippen LogP contribution is 2.23. The Morgan fingerprint density at radius 3 is 2.48 bits per heavy atom. The van der Waals surface area contributed by atoms with Gasteiger partial charge in [-0.1, -0.05) is 11.6 Å². The molecular weight excluding hydrogens is 364 g/mol. The molecule has 27 heavy (non-hydrogen) atoms. The number of piperidine rings is 1. The van der Waals surface area contributed by atoms with E-state index in [0.717, 1.165) is 18.5 Å². The number of Topliss-reactive ketones (excluding diaryl/α,β-unsaturated/α-hetero) is 1. The molecule has 1 atom stereocenters. The molecule has 2 heterocycles. The van der Waals surface area contributed by atoms with Gasteiger partial charge in [0.05, 0.1) is 0 Å². The van der Waals surface area contributed by atoms with Crippen molar-refractivity contribution in [1.82, 2.24) is 9.47 Å². The van der Waals surface area contributed by atoms with Gasteiger partial charge in [-0.05, 0) is 62.6 Å². The minimum atomic E-state index is -0.290. The third-order valence-corrected chi connectivity index (χ3v) is 5.54. The summed E-state index contributed by atoms with van der Waals surface area (Å²) in [7, 11) is 1.66. The van der Waals surface area contributed by atoms with Gasteiger partial charge in [0, 0.05) is 42.3 Å². The molecule has 3 rings (SSSR count). The average molecular weight is 387 g/mol. The maximum atomic E-state index is 13.0. The maximum absolute atomic E-state index is 13.0. The lowest BCUT2D eigenvalue weighted by atomic mass is 9.89. The van der Waals surface area contributed by atoms with E-state index < -0.39 is 0 Å². The number of aryl methyl sites for hydroxylation is 2. The van der Waals surface area contributed by atoms with Gasteiger partial charge < -0.3 is 9.47 Å². The number of aromatic nitrogens is 1. The molecule has 0 N–H and O–H groups in total. The van der Waals surface area contributed by atoms with E-state index in [-0.39, 0.29) is 28.7 Å². The third-order valence-electron chi connectivity index (χ3n) is 5.29. The van der Waals surface area contributed by atoms with Crippen LogP contribution in [0.15, 0.2) is 35.1 Å². The van der Waals surface area contributed by atoms with Crippen LogP contribution < -0.4 is 5.56 Å². The van der Waals surface area contributed by atoms with Crippen LogP contribution in [0.2, 0.25) is 5.02 Å². The van der Waals surface area contributed by atoms with Crippen LogP contribution in [0.3, 0.4) is 0 Å². The highest BCUT2D eigenvalue weighted by Gasteiger charge is 2.31. The highest BCUT2D eigenvalue weighted by molar-refractivity contribution is 6.30. The molecule has 1 saturated heterocycles. The molecule has 1 aromatic carbocycles. The molecule has 142 valence electrons. The maximum Gasteiger partial charge on any atom is 0.263 e. The lowest BCUT2D eigenvalue weighted by molar-refractivity contribution is 0.0634. The summed E-state index contributed by atoms with van der Waals surface area (Å²) < 4.78 is 1.49. The van der Waals surface area contributed by atoms with Gasteiger partial charge in [-0.25, -0.2) is 0 Å². The number of pyridine rings is 1. The van der Waals surface area contributed by atoms with Gasteiger partial charge in [0.2, 0.25) is 0 Å². The molecule has 0 spiro atoms. The fourth-order valence-electron chi connectivity index (χ4n) is 3.62. The predicted molar refractivity (Wildman–Crippen MR) is 106 cm³/mol. The number of rotatable bonds is 3. The molecule has 2 aromatic rings. The van der Waals surface area contributed by atoms with Crippen LogP contribution in [-0.2, 0) is 7.05 Å². The number of benzene rings is 1. The van der Waals surface area contributed by atoms with E-state index in [1.807, 2.05) is 13.0 Å². The molecule has 1 amide bonds. The lowest BCUT2D eigenvalue weighted by Gasteiger charge is -2.32. The summed E-state index contributed by atoms with van der Waals surface area (Å²) >= 11 is 5.89. The van der Waals surface area contributed by atoms with Crippen molar-refractivity contribution < 1.29 is 9.59 Å². The Morgan fingerprint density at radius 2 is 1.81 bits per heavy atom. The molecule has 0 bridgehead atoms. The van der Waals surface area contributed by atoms with E-state index in [1.54, 1.807) is 43.1 Å². The number of carbonyl (C=O) groups is 2. The largest absolute Gasteiger partial charge is 0.338 e. The van der Waals surface area contributed by atoms with E-state index in [1.165, 1.54) is 4.57 Å². The quantitative estimate of drug-likeness (QED) is 0.760. The molecule has 0 saturated carbocycles. The van der Waals surface area contributed by atoms with Gasteiger partial charge in [-0.3, -0.25) is 14.4 Å². The summed E-state index contributed by atoms with van der Waals surface area (Å²) in [4.78, 5) is 40.1.